The molecule has 30 heavy (non-hydrogen) atoms. The maximum absolute atomic E-state index is 13.9. The number of aliphatic hydroxyl groups excluding tert-OH is 1. The average Bonchev–Trinajstić information content (AvgIpc) is 3.06. The van der Waals surface area contributed by atoms with E-state index in [0.29, 0.717) is 35.9 Å². The highest BCUT2D eigenvalue weighted by Gasteiger charge is 2.64. The van der Waals surface area contributed by atoms with Crippen molar-refractivity contribution in [3.8, 4) is 0 Å². The Morgan fingerprint density at radius 2 is 1.77 bits per heavy atom. The van der Waals surface area contributed by atoms with Crippen molar-refractivity contribution < 1.29 is 19.4 Å². The van der Waals surface area contributed by atoms with Gasteiger partial charge in [0.05, 0.1) is 13.2 Å². The Kier molecular flexibility index (Phi) is 6.11. The number of hydrogen-bond acceptors (Lipinski definition) is 4. The van der Waals surface area contributed by atoms with Crippen LogP contribution in [0.3, 0.4) is 0 Å². The van der Waals surface area contributed by atoms with Gasteiger partial charge in [0.15, 0.2) is 0 Å². The molecule has 4 saturated carbocycles. The lowest BCUT2D eigenvalue weighted by molar-refractivity contribution is -0.172. The number of hydrogen-bond donors (Lipinski definition) is 1. The highest BCUT2D eigenvalue weighted by molar-refractivity contribution is 5.86. The molecule has 1 N–H and O–H groups in total. The lowest BCUT2D eigenvalue weighted by atomic mass is 9.42. The van der Waals surface area contributed by atoms with E-state index in [2.05, 4.69) is 20.8 Å². The van der Waals surface area contributed by atoms with Crippen LogP contribution in [0.1, 0.15) is 91.4 Å². The Hall–Kier alpha value is -0.900. The molecule has 4 fully saturated rings. The third-order valence-corrected chi connectivity index (χ3v) is 10.5. The summed E-state index contributed by atoms with van der Waals surface area (Å²) >= 11 is 0. The number of esters is 1. The number of rotatable bonds is 5. The largest absolute Gasteiger partial charge is 0.469 e. The zero-order valence-corrected chi connectivity index (χ0v) is 19.5. The second-order valence-electron chi connectivity index (χ2n) is 11.5. The summed E-state index contributed by atoms with van der Waals surface area (Å²) in [5.74, 6) is 2.77. The number of methoxy groups -OCH3 is 1. The minimum Gasteiger partial charge on any atom is -0.469 e. The van der Waals surface area contributed by atoms with Gasteiger partial charge in [-0.3, -0.25) is 9.59 Å². The summed E-state index contributed by atoms with van der Waals surface area (Å²) in [6.07, 6.45) is 10.7. The van der Waals surface area contributed by atoms with Gasteiger partial charge in [0.1, 0.15) is 5.78 Å². The Labute approximate surface area is 182 Å². The van der Waals surface area contributed by atoms with Gasteiger partial charge in [0.2, 0.25) is 0 Å². The SMILES string of the molecule is CC[C@H]1C(=O)C2C3CC[C@H](CCCC(=O)OC)[C@@]3(C)CCC2[C@@]2(C)CC[C@H](O)C[C@@H]12. The lowest BCUT2D eigenvalue weighted by Gasteiger charge is -2.62. The lowest BCUT2D eigenvalue weighted by Crippen LogP contribution is -2.60. The maximum atomic E-state index is 13.9. The number of ketones is 1. The van der Waals surface area contributed by atoms with Crippen molar-refractivity contribution in [3.05, 3.63) is 0 Å². The van der Waals surface area contributed by atoms with Crippen molar-refractivity contribution in [3.63, 3.8) is 0 Å². The molecule has 0 aromatic carbocycles. The van der Waals surface area contributed by atoms with Crippen molar-refractivity contribution >= 4 is 11.8 Å². The predicted octanol–water partition coefficient (Wildman–Crippen LogP) is 5.16. The van der Waals surface area contributed by atoms with Crippen LogP contribution in [0.2, 0.25) is 0 Å². The van der Waals surface area contributed by atoms with Crippen molar-refractivity contribution in [1.29, 1.82) is 0 Å². The second kappa shape index (κ2) is 8.22. The van der Waals surface area contributed by atoms with Crippen LogP contribution < -0.4 is 0 Å². The number of Topliss-reactive ketones (excluding diaryl/α,β-unsaturated/α-hetero) is 1. The standard InChI is InChI=1S/C26H42O4/c1-5-18-21-15-17(27)11-13-26(21,3)20-12-14-25(2)16(7-6-8-22(28)30-4)9-10-19(25)23(20)24(18)29/h16-21,23,27H,5-15H2,1-4H3/t16-,17-,18+,19?,20?,21-,23?,25+,26+/m0/s1. The Morgan fingerprint density at radius 3 is 2.47 bits per heavy atom. The number of carbonyl (C=O) groups excluding carboxylic acids is 2. The molecule has 9 atom stereocenters. The van der Waals surface area contributed by atoms with Crippen LogP contribution in [-0.4, -0.2) is 30.1 Å². The molecule has 3 unspecified atom stereocenters. The van der Waals surface area contributed by atoms with Crippen LogP contribution in [0.15, 0.2) is 0 Å². The van der Waals surface area contributed by atoms with E-state index in [1.165, 1.54) is 26.4 Å². The minimum atomic E-state index is -0.221. The molecule has 4 nitrogen and oxygen atoms in total. The van der Waals surface area contributed by atoms with Crippen LogP contribution in [0.5, 0.6) is 0 Å². The third kappa shape index (κ3) is 3.36. The summed E-state index contributed by atoms with van der Waals surface area (Å²) in [4.78, 5) is 25.4. The predicted molar refractivity (Wildman–Crippen MR) is 117 cm³/mol. The Bertz CT molecular complexity index is 674. The summed E-state index contributed by atoms with van der Waals surface area (Å²) in [6, 6.07) is 0. The summed E-state index contributed by atoms with van der Waals surface area (Å²) in [7, 11) is 1.47. The fourth-order valence-electron chi connectivity index (χ4n) is 8.81. The van der Waals surface area contributed by atoms with E-state index in [0.717, 1.165) is 44.9 Å². The zero-order valence-electron chi connectivity index (χ0n) is 19.5. The normalized spacial score (nSPS) is 47.9. The molecule has 0 radical (unpaired) electrons. The van der Waals surface area contributed by atoms with Crippen molar-refractivity contribution in [2.75, 3.05) is 7.11 Å². The molecule has 0 aromatic rings. The molecular weight excluding hydrogens is 376 g/mol. The van der Waals surface area contributed by atoms with Gasteiger partial charge in [-0.1, -0.05) is 20.8 Å². The van der Waals surface area contributed by atoms with Crippen LogP contribution in [-0.2, 0) is 14.3 Å². The molecule has 0 aliphatic heterocycles. The quantitative estimate of drug-likeness (QED) is 0.626. The van der Waals surface area contributed by atoms with E-state index in [1.807, 2.05) is 0 Å². The van der Waals surface area contributed by atoms with Crippen molar-refractivity contribution in [2.24, 2.45) is 46.3 Å². The van der Waals surface area contributed by atoms with E-state index in [1.54, 1.807) is 0 Å². The molecule has 0 bridgehead atoms. The molecule has 0 amide bonds. The van der Waals surface area contributed by atoms with E-state index in [-0.39, 0.29) is 34.7 Å². The van der Waals surface area contributed by atoms with Crippen molar-refractivity contribution in [2.45, 2.75) is 97.5 Å². The van der Waals surface area contributed by atoms with Gasteiger partial charge < -0.3 is 9.84 Å². The van der Waals surface area contributed by atoms with Gasteiger partial charge in [0, 0.05) is 18.3 Å². The second-order valence-corrected chi connectivity index (χ2v) is 11.5. The molecule has 4 heteroatoms. The van der Waals surface area contributed by atoms with Gasteiger partial charge in [0.25, 0.3) is 0 Å². The number of carbonyl (C=O) groups is 2. The first-order valence-electron chi connectivity index (χ1n) is 12.5. The number of aliphatic hydroxyl groups is 1. The average molecular weight is 419 g/mol. The van der Waals surface area contributed by atoms with Crippen molar-refractivity contribution in [1.82, 2.24) is 0 Å². The first-order valence-corrected chi connectivity index (χ1v) is 12.5. The molecular formula is C26H42O4. The summed E-state index contributed by atoms with van der Waals surface area (Å²) in [5, 5.41) is 10.4. The summed E-state index contributed by atoms with van der Waals surface area (Å²) in [5.41, 5.74) is 0.450. The molecule has 4 aliphatic rings. The molecule has 170 valence electrons. The molecule has 0 heterocycles. The van der Waals surface area contributed by atoms with Gasteiger partial charge >= 0.3 is 5.97 Å². The Balaban J connectivity index is 1.56. The highest BCUT2D eigenvalue weighted by atomic mass is 16.5. The molecule has 0 saturated heterocycles. The minimum absolute atomic E-state index is 0.106. The van der Waals surface area contributed by atoms with Crippen LogP contribution >= 0.6 is 0 Å². The summed E-state index contributed by atoms with van der Waals surface area (Å²) in [6.45, 7) is 7.09. The van der Waals surface area contributed by atoms with Gasteiger partial charge in [-0.05, 0) is 98.7 Å². The van der Waals surface area contributed by atoms with E-state index < -0.39 is 0 Å². The molecule has 4 rings (SSSR count). The van der Waals surface area contributed by atoms with Gasteiger partial charge in [-0.25, -0.2) is 0 Å². The Morgan fingerprint density at radius 1 is 1.07 bits per heavy atom. The number of ether oxygens (including phenoxy) is 1. The first kappa shape index (κ1) is 22.3. The fraction of sp³-hybridized carbons (Fsp3) is 0.923. The van der Waals surface area contributed by atoms with Crippen LogP contribution in [0.25, 0.3) is 0 Å². The fourth-order valence-corrected chi connectivity index (χ4v) is 8.81. The maximum Gasteiger partial charge on any atom is 0.305 e. The molecule has 4 aliphatic carbocycles. The molecule has 0 aromatic heterocycles. The van der Waals surface area contributed by atoms with E-state index in [9.17, 15) is 14.7 Å². The smallest absolute Gasteiger partial charge is 0.305 e. The van der Waals surface area contributed by atoms with E-state index in [4.69, 9.17) is 4.74 Å². The van der Waals surface area contributed by atoms with Gasteiger partial charge in [-0.2, -0.15) is 0 Å². The zero-order chi connectivity index (χ0) is 21.7. The van der Waals surface area contributed by atoms with Crippen LogP contribution in [0.4, 0.5) is 0 Å². The summed E-state index contributed by atoms with van der Waals surface area (Å²) < 4.78 is 4.82. The topological polar surface area (TPSA) is 63.6 Å². The highest BCUT2D eigenvalue weighted by Crippen LogP contribution is 2.68. The third-order valence-electron chi connectivity index (χ3n) is 10.5. The molecule has 0 spiro atoms. The monoisotopic (exact) mass is 418 g/mol. The first-order chi connectivity index (χ1) is 14.3. The van der Waals surface area contributed by atoms with Crippen LogP contribution in [0, 0.1) is 46.3 Å². The number of fused-ring (bicyclic) bond motifs is 5. The van der Waals surface area contributed by atoms with Gasteiger partial charge in [-0.15, -0.1) is 0 Å². The van der Waals surface area contributed by atoms with E-state index >= 15 is 0 Å².